The Labute approximate surface area is 184 Å². The van der Waals surface area contributed by atoms with E-state index in [0.29, 0.717) is 6.73 Å². The third-order valence-electron chi connectivity index (χ3n) is 5.88. The first-order chi connectivity index (χ1) is 14.8. The molecule has 0 spiro atoms. The number of benzene rings is 1. The number of likely N-dealkylation sites (N-methyl/N-ethyl adjacent to an activating group) is 1. The molecule has 7 nitrogen and oxygen atoms in total. The van der Waals surface area contributed by atoms with Crippen LogP contribution in [0.4, 0.5) is 5.69 Å². The molecule has 0 aliphatic carbocycles. The molecule has 3 aromatic rings. The fourth-order valence-electron chi connectivity index (χ4n) is 3.83. The number of pyridine rings is 1. The highest BCUT2D eigenvalue weighted by molar-refractivity contribution is 6.76. The number of ether oxygens (including phenoxy) is 1. The van der Waals surface area contributed by atoms with E-state index in [1.54, 1.807) is 16.9 Å². The first-order valence-corrected chi connectivity index (χ1v) is 14.7. The average molecular weight is 440 g/mol. The van der Waals surface area contributed by atoms with Crippen LogP contribution in [0, 0.1) is 0 Å². The van der Waals surface area contributed by atoms with Crippen LogP contribution < -0.4 is 10.5 Å². The van der Waals surface area contributed by atoms with Crippen molar-refractivity contribution in [1.29, 1.82) is 0 Å². The van der Waals surface area contributed by atoms with Crippen molar-refractivity contribution in [3.8, 4) is 11.3 Å². The van der Waals surface area contributed by atoms with Crippen molar-refractivity contribution in [2.24, 2.45) is 0 Å². The van der Waals surface area contributed by atoms with Crippen molar-refractivity contribution in [3.63, 3.8) is 0 Å². The molecule has 4 rings (SSSR count). The Hall–Kier alpha value is -2.42. The largest absolute Gasteiger partial charge is 0.369 e. The summed E-state index contributed by atoms with van der Waals surface area (Å²) in [5.41, 5.74) is 3.81. The molecule has 0 radical (unpaired) electrons. The van der Waals surface area contributed by atoms with Crippen LogP contribution in [0.5, 0.6) is 0 Å². The summed E-state index contributed by atoms with van der Waals surface area (Å²) in [6, 6.07) is 11.3. The lowest BCUT2D eigenvalue weighted by molar-refractivity contribution is 0.0818. The van der Waals surface area contributed by atoms with Crippen molar-refractivity contribution in [2.45, 2.75) is 32.4 Å². The van der Waals surface area contributed by atoms with Gasteiger partial charge in [0.1, 0.15) is 12.4 Å². The summed E-state index contributed by atoms with van der Waals surface area (Å²) in [6.45, 7) is 12.3. The van der Waals surface area contributed by atoms with E-state index in [1.165, 1.54) is 5.69 Å². The third-order valence-corrected chi connectivity index (χ3v) is 7.58. The minimum absolute atomic E-state index is 0.132. The number of aromatic nitrogens is 3. The monoisotopic (exact) mass is 439 g/mol. The van der Waals surface area contributed by atoms with Gasteiger partial charge in [0.2, 0.25) is 5.56 Å². The lowest BCUT2D eigenvalue weighted by atomic mass is 10.1. The summed E-state index contributed by atoms with van der Waals surface area (Å²) < 4.78 is 7.72. The van der Waals surface area contributed by atoms with Gasteiger partial charge in [0.15, 0.2) is 0 Å². The second-order valence-electron chi connectivity index (χ2n) is 9.63. The number of aromatic amines is 1. The smallest absolute Gasteiger partial charge is 0.250 e. The van der Waals surface area contributed by atoms with Gasteiger partial charge in [0.05, 0.1) is 5.52 Å². The number of fused-ring (bicyclic) bond motifs is 1. The predicted molar refractivity (Wildman–Crippen MR) is 130 cm³/mol. The van der Waals surface area contributed by atoms with Crippen molar-refractivity contribution in [2.75, 3.05) is 44.7 Å². The highest BCUT2D eigenvalue weighted by Gasteiger charge is 2.17. The maximum atomic E-state index is 11.9. The maximum absolute atomic E-state index is 11.9. The summed E-state index contributed by atoms with van der Waals surface area (Å²) in [6.07, 6.45) is 1.76. The predicted octanol–water partition coefficient (Wildman–Crippen LogP) is 3.46. The van der Waals surface area contributed by atoms with Gasteiger partial charge in [-0.05, 0) is 25.2 Å². The van der Waals surface area contributed by atoms with Crippen LogP contribution >= 0.6 is 0 Å². The van der Waals surface area contributed by atoms with Gasteiger partial charge in [-0.25, -0.2) is 4.68 Å². The topological polar surface area (TPSA) is 66.4 Å². The van der Waals surface area contributed by atoms with Crippen molar-refractivity contribution in [1.82, 2.24) is 19.7 Å². The molecular weight excluding hydrogens is 406 g/mol. The van der Waals surface area contributed by atoms with Gasteiger partial charge in [-0.3, -0.25) is 4.79 Å². The standard InChI is InChI=1S/C23H33N5O2Si/c1-26-9-11-27(12-10-26)19-7-5-18(6-8-19)23-20-16-24-22(29)15-21(20)28(25-23)17-30-13-14-31(2,3)4/h5-8,15-16H,9-14,17H2,1-4H3,(H,24,29). The molecule has 166 valence electrons. The van der Waals surface area contributed by atoms with Crippen LogP contribution in [-0.2, 0) is 11.5 Å². The van der Waals surface area contributed by atoms with Crippen molar-refractivity contribution in [3.05, 3.63) is 46.9 Å². The number of H-pyrrole nitrogens is 1. The summed E-state index contributed by atoms with van der Waals surface area (Å²) in [5, 5.41) is 5.74. The molecule has 1 aliphatic heterocycles. The number of nitrogens with one attached hydrogen (secondary N) is 1. The van der Waals surface area contributed by atoms with E-state index >= 15 is 0 Å². The quantitative estimate of drug-likeness (QED) is 0.451. The molecular formula is C23H33N5O2Si. The number of piperazine rings is 1. The van der Waals surface area contributed by atoms with Gasteiger partial charge >= 0.3 is 0 Å². The van der Waals surface area contributed by atoms with E-state index < -0.39 is 8.07 Å². The third kappa shape index (κ3) is 5.26. The molecule has 31 heavy (non-hydrogen) atoms. The van der Waals surface area contributed by atoms with E-state index in [2.05, 4.69) is 65.7 Å². The Morgan fingerprint density at radius 3 is 2.48 bits per heavy atom. The SMILES string of the molecule is CN1CCN(c2ccc(-c3nn(COCC[Si](C)(C)C)c4cc(=O)[nH]cc34)cc2)CC1. The Bertz CT molecular complexity index is 1080. The van der Waals surface area contributed by atoms with Gasteiger partial charge in [0.25, 0.3) is 0 Å². The molecule has 8 heteroatoms. The molecule has 0 saturated carbocycles. The van der Waals surface area contributed by atoms with E-state index in [-0.39, 0.29) is 5.56 Å². The molecule has 0 atom stereocenters. The zero-order valence-corrected chi connectivity index (χ0v) is 20.0. The van der Waals surface area contributed by atoms with Gasteiger partial charge in [-0.15, -0.1) is 0 Å². The van der Waals surface area contributed by atoms with Gasteiger partial charge < -0.3 is 19.5 Å². The minimum atomic E-state index is -1.15. The van der Waals surface area contributed by atoms with Crippen molar-refractivity contribution < 1.29 is 4.74 Å². The summed E-state index contributed by atoms with van der Waals surface area (Å²) in [7, 11) is 1.02. The van der Waals surface area contributed by atoms with Crippen LogP contribution in [-0.4, -0.2) is 67.6 Å². The Kier molecular flexibility index (Phi) is 6.31. The van der Waals surface area contributed by atoms with E-state index in [1.807, 2.05) is 0 Å². The van der Waals surface area contributed by atoms with Gasteiger partial charge in [0, 0.05) is 69.8 Å². The maximum Gasteiger partial charge on any atom is 0.250 e. The average Bonchev–Trinajstić information content (AvgIpc) is 3.09. The molecule has 1 fully saturated rings. The lowest BCUT2D eigenvalue weighted by Crippen LogP contribution is -2.44. The zero-order chi connectivity index (χ0) is 22.0. The minimum Gasteiger partial charge on any atom is -0.369 e. The molecule has 1 saturated heterocycles. The molecule has 0 unspecified atom stereocenters. The number of nitrogens with zero attached hydrogens (tertiary/aromatic N) is 4. The molecule has 1 aliphatic rings. The zero-order valence-electron chi connectivity index (χ0n) is 19.0. The van der Waals surface area contributed by atoms with E-state index in [9.17, 15) is 4.79 Å². The first-order valence-electron chi connectivity index (χ1n) is 11.0. The Morgan fingerprint density at radius 1 is 1.10 bits per heavy atom. The fraction of sp³-hybridized carbons (Fsp3) is 0.478. The van der Waals surface area contributed by atoms with Crippen LogP contribution in [0.25, 0.3) is 22.2 Å². The van der Waals surface area contributed by atoms with Crippen LogP contribution in [0.15, 0.2) is 41.3 Å². The highest BCUT2D eigenvalue weighted by Crippen LogP contribution is 2.29. The fourth-order valence-corrected chi connectivity index (χ4v) is 4.58. The summed E-state index contributed by atoms with van der Waals surface area (Å²) >= 11 is 0. The normalized spacial score (nSPS) is 15.7. The number of hydrogen-bond donors (Lipinski definition) is 1. The second-order valence-corrected chi connectivity index (χ2v) is 15.3. The molecule has 3 heterocycles. The van der Waals surface area contributed by atoms with Gasteiger partial charge in [-0.2, -0.15) is 5.10 Å². The van der Waals surface area contributed by atoms with Crippen molar-refractivity contribution >= 4 is 24.7 Å². The lowest BCUT2D eigenvalue weighted by Gasteiger charge is -2.34. The highest BCUT2D eigenvalue weighted by atomic mass is 28.3. The first kappa shape index (κ1) is 21.8. The number of hydrogen-bond acceptors (Lipinski definition) is 5. The summed E-state index contributed by atoms with van der Waals surface area (Å²) in [4.78, 5) is 19.5. The Morgan fingerprint density at radius 2 is 1.81 bits per heavy atom. The van der Waals surface area contributed by atoms with Crippen LogP contribution in [0.3, 0.4) is 0 Å². The summed E-state index contributed by atoms with van der Waals surface area (Å²) in [5.74, 6) is 0. The molecule has 0 amide bonds. The molecule has 0 bridgehead atoms. The van der Waals surface area contributed by atoms with E-state index in [4.69, 9.17) is 9.84 Å². The van der Waals surface area contributed by atoms with E-state index in [0.717, 1.165) is 61.0 Å². The number of anilines is 1. The second kappa shape index (κ2) is 8.98. The molecule has 1 aromatic carbocycles. The molecule has 1 N–H and O–H groups in total. The van der Waals surface area contributed by atoms with Crippen LogP contribution in [0.1, 0.15) is 0 Å². The van der Waals surface area contributed by atoms with Crippen LogP contribution in [0.2, 0.25) is 25.7 Å². The number of rotatable bonds is 7. The Balaban J connectivity index is 1.56. The molecule has 2 aromatic heterocycles. The van der Waals surface area contributed by atoms with Gasteiger partial charge in [-0.1, -0.05) is 31.8 Å².